The lowest BCUT2D eigenvalue weighted by Gasteiger charge is -2.11. The Morgan fingerprint density at radius 2 is 2.17 bits per heavy atom. The monoisotopic (exact) mass is 247 g/mol. The van der Waals surface area contributed by atoms with Crippen molar-refractivity contribution in [2.75, 3.05) is 0 Å². The third kappa shape index (κ3) is 2.12. The molecular formula is C14H18FN3. The highest BCUT2D eigenvalue weighted by molar-refractivity contribution is 5.75. The van der Waals surface area contributed by atoms with E-state index in [1.165, 1.54) is 37.8 Å². The number of halogens is 1. The minimum Gasteiger partial charge on any atom is -0.330 e. The second kappa shape index (κ2) is 4.69. The standard InChI is InChI=1S/C14H18FN3/c1-18-13-7-6-10(15)8-12(13)17-14(18)9-16-11-4-2-3-5-11/h6-8,11,16H,2-5,9H2,1H3. The van der Waals surface area contributed by atoms with Crippen molar-refractivity contribution in [3.63, 3.8) is 0 Å². The molecule has 0 atom stereocenters. The van der Waals surface area contributed by atoms with E-state index in [0.717, 1.165) is 23.4 Å². The summed E-state index contributed by atoms with van der Waals surface area (Å²) >= 11 is 0. The van der Waals surface area contributed by atoms with Gasteiger partial charge in [-0.2, -0.15) is 0 Å². The average molecular weight is 247 g/mol. The van der Waals surface area contributed by atoms with Crippen LogP contribution in [0.3, 0.4) is 0 Å². The zero-order valence-corrected chi connectivity index (χ0v) is 10.6. The fraction of sp³-hybridized carbons (Fsp3) is 0.500. The maximum Gasteiger partial charge on any atom is 0.125 e. The molecule has 2 aromatic rings. The number of rotatable bonds is 3. The molecule has 1 aromatic heterocycles. The van der Waals surface area contributed by atoms with Crippen molar-refractivity contribution in [1.82, 2.24) is 14.9 Å². The van der Waals surface area contributed by atoms with Crippen molar-refractivity contribution >= 4 is 11.0 Å². The molecule has 1 N–H and O–H groups in total. The van der Waals surface area contributed by atoms with Crippen LogP contribution < -0.4 is 5.32 Å². The van der Waals surface area contributed by atoms with Crippen molar-refractivity contribution in [2.24, 2.45) is 7.05 Å². The lowest BCUT2D eigenvalue weighted by Crippen LogP contribution is -2.26. The molecule has 1 aliphatic rings. The van der Waals surface area contributed by atoms with Gasteiger partial charge in [-0.1, -0.05) is 12.8 Å². The minimum absolute atomic E-state index is 0.226. The van der Waals surface area contributed by atoms with Gasteiger partial charge in [-0.25, -0.2) is 9.37 Å². The molecule has 0 bridgehead atoms. The SMILES string of the molecule is Cn1c(CNC2CCCC2)nc2cc(F)ccc21. The van der Waals surface area contributed by atoms with Crippen LogP contribution >= 0.6 is 0 Å². The van der Waals surface area contributed by atoms with Crippen LogP contribution in [0.4, 0.5) is 4.39 Å². The predicted octanol–water partition coefficient (Wildman–Crippen LogP) is 2.74. The van der Waals surface area contributed by atoms with Crippen LogP contribution in [0.5, 0.6) is 0 Å². The van der Waals surface area contributed by atoms with Crippen molar-refractivity contribution in [1.29, 1.82) is 0 Å². The zero-order chi connectivity index (χ0) is 12.5. The fourth-order valence-corrected chi connectivity index (χ4v) is 2.75. The Morgan fingerprint density at radius 1 is 1.39 bits per heavy atom. The van der Waals surface area contributed by atoms with E-state index in [9.17, 15) is 4.39 Å². The van der Waals surface area contributed by atoms with E-state index in [1.807, 2.05) is 11.6 Å². The van der Waals surface area contributed by atoms with Gasteiger partial charge in [0.05, 0.1) is 17.6 Å². The van der Waals surface area contributed by atoms with Gasteiger partial charge in [0.1, 0.15) is 11.6 Å². The van der Waals surface area contributed by atoms with Gasteiger partial charge in [-0.3, -0.25) is 0 Å². The van der Waals surface area contributed by atoms with Gasteiger partial charge >= 0.3 is 0 Å². The molecule has 18 heavy (non-hydrogen) atoms. The number of imidazole rings is 1. The van der Waals surface area contributed by atoms with E-state index in [2.05, 4.69) is 10.3 Å². The number of benzene rings is 1. The normalized spacial score (nSPS) is 16.8. The van der Waals surface area contributed by atoms with Gasteiger partial charge in [0.25, 0.3) is 0 Å². The molecule has 0 amide bonds. The number of fused-ring (bicyclic) bond motifs is 1. The minimum atomic E-state index is -0.226. The summed E-state index contributed by atoms with van der Waals surface area (Å²) in [6.45, 7) is 0.761. The van der Waals surface area contributed by atoms with Crippen molar-refractivity contribution in [3.05, 3.63) is 29.8 Å². The summed E-state index contributed by atoms with van der Waals surface area (Å²) in [5.41, 5.74) is 1.72. The molecular weight excluding hydrogens is 229 g/mol. The van der Waals surface area contributed by atoms with Crippen LogP contribution in [0.1, 0.15) is 31.5 Å². The van der Waals surface area contributed by atoms with Crippen molar-refractivity contribution in [2.45, 2.75) is 38.3 Å². The van der Waals surface area contributed by atoms with E-state index in [-0.39, 0.29) is 5.82 Å². The van der Waals surface area contributed by atoms with E-state index < -0.39 is 0 Å². The molecule has 0 unspecified atom stereocenters. The van der Waals surface area contributed by atoms with Crippen molar-refractivity contribution in [3.8, 4) is 0 Å². The Labute approximate surface area is 106 Å². The summed E-state index contributed by atoms with van der Waals surface area (Å²) in [6.07, 6.45) is 5.17. The lowest BCUT2D eigenvalue weighted by molar-refractivity contribution is 0.508. The highest BCUT2D eigenvalue weighted by Crippen LogP contribution is 2.19. The quantitative estimate of drug-likeness (QED) is 0.903. The summed E-state index contributed by atoms with van der Waals surface area (Å²) in [7, 11) is 1.99. The number of nitrogens with one attached hydrogen (secondary N) is 1. The van der Waals surface area contributed by atoms with Gasteiger partial charge < -0.3 is 9.88 Å². The highest BCUT2D eigenvalue weighted by atomic mass is 19.1. The summed E-state index contributed by atoms with van der Waals surface area (Å²) in [5.74, 6) is 0.749. The van der Waals surface area contributed by atoms with Gasteiger partial charge in [-0.15, -0.1) is 0 Å². The average Bonchev–Trinajstić information content (AvgIpc) is 2.95. The van der Waals surface area contributed by atoms with Gasteiger partial charge in [-0.05, 0) is 25.0 Å². The number of aromatic nitrogens is 2. The molecule has 4 heteroatoms. The van der Waals surface area contributed by atoms with E-state index in [4.69, 9.17) is 0 Å². The van der Waals surface area contributed by atoms with E-state index >= 15 is 0 Å². The molecule has 3 nitrogen and oxygen atoms in total. The summed E-state index contributed by atoms with van der Waals surface area (Å²) < 4.78 is 15.2. The van der Waals surface area contributed by atoms with Gasteiger partial charge in [0.2, 0.25) is 0 Å². The van der Waals surface area contributed by atoms with Gasteiger partial charge in [0.15, 0.2) is 0 Å². The summed E-state index contributed by atoms with van der Waals surface area (Å²) in [5, 5.41) is 3.54. The molecule has 96 valence electrons. The number of hydrogen-bond donors (Lipinski definition) is 1. The first kappa shape index (κ1) is 11.7. The van der Waals surface area contributed by atoms with Crippen molar-refractivity contribution < 1.29 is 4.39 Å². The molecule has 0 aliphatic heterocycles. The van der Waals surface area contributed by atoms with Gasteiger partial charge in [0, 0.05) is 19.2 Å². The first-order valence-electron chi connectivity index (χ1n) is 6.58. The lowest BCUT2D eigenvalue weighted by atomic mass is 10.2. The smallest absolute Gasteiger partial charge is 0.125 e. The molecule has 1 fully saturated rings. The van der Waals surface area contributed by atoms with E-state index in [0.29, 0.717) is 6.04 Å². The molecule has 3 rings (SSSR count). The number of nitrogens with zero attached hydrogens (tertiary/aromatic N) is 2. The third-order valence-corrected chi connectivity index (χ3v) is 3.84. The second-order valence-corrected chi connectivity index (χ2v) is 5.08. The zero-order valence-electron chi connectivity index (χ0n) is 10.6. The maximum absolute atomic E-state index is 13.1. The first-order chi connectivity index (χ1) is 8.74. The molecule has 1 aromatic carbocycles. The largest absolute Gasteiger partial charge is 0.330 e. The Bertz CT molecular complexity index is 555. The Kier molecular flexibility index (Phi) is 3.04. The van der Waals surface area contributed by atoms with Crippen LogP contribution in [0.15, 0.2) is 18.2 Å². The summed E-state index contributed by atoms with van der Waals surface area (Å²) in [4.78, 5) is 4.49. The first-order valence-corrected chi connectivity index (χ1v) is 6.58. The topological polar surface area (TPSA) is 29.9 Å². The Balaban J connectivity index is 1.80. The second-order valence-electron chi connectivity index (χ2n) is 5.08. The predicted molar refractivity (Wildman–Crippen MR) is 69.8 cm³/mol. The Hall–Kier alpha value is -1.42. The van der Waals surface area contributed by atoms with Crippen LogP contribution in [0.2, 0.25) is 0 Å². The number of aryl methyl sites for hydroxylation is 1. The molecule has 1 saturated carbocycles. The van der Waals surface area contributed by atoms with Crippen LogP contribution in [0, 0.1) is 5.82 Å². The molecule has 1 heterocycles. The summed E-state index contributed by atoms with van der Waals surface area (Å²) in [6, 6.07) is 5.39. The fourth-order valence-electron chi connectivity index (χ4n) is 2.75. The molecule has 0 spiro atoms. The maximum atomic E-state index is 13.1. The van der Waals surface area contributed by atoms with E-state index in [1.54, 1.807) is 6.07 Å². The Morgan fingerprint density at radius 3 is 2.94 bits per heavy atom. The third-order valence-electron chi connectivity index (χ3n) is 3.84. The molecule has 0 radical (unpaired) electrons. The number of hydrogen-bond acceptors (Lipinski definition) is 2. The molecule has 0 saturated heterocycles. The molecule has 1 aliphatic carbocycles. The highest BCUT2D eigenvalue weighted by Gasteiger charge is 2.15. The van der Waals surface area contributed by atoms with Crippen LogP contribution in [0.25, 0.3) is 11.0 Å². The van der Waals surface area contributed by atoms with Crippen LogP contribution in [-0.4, -0.2) is 15.6 Å². The van der Waals surface area contributed by atoms with Crippen LogP contribution in [-0.2, 0) is 13.6 Å².